The largest absolute Gasteiger partial charge is 0.494 e. The second-order valence-corrected chi connectivity index (χ2v) is 7.09. The highest BCUT2D eigenvalue weighted by atomic mass is 35.5. The lowest BCUT2D eigenvalue weighted by Gasteiger charge is -2.14. The third-order valence-corrected chi connectivity index (χ3v) is 4.70. The molecule has 0 bridgehead atoms. The smallest absolute Gasteiger partial charge is 0.259 e. The third-order valence-electron chi connectivity index (χ3n) is 3.97. The summed E-state index contributed by atoms with van der Waals surface area (Å²) in [5.74, 6) is -0.603. The molecule has 3 rings (SSSR count). The molecule has 4 nitrogen and oxygen atoms in total. The summed E-state index contributed by atoms with van der Waals surface area (Å²) in [5, 5.41) is 3.58. The molecule has 0 aromatic heterocycles. The molecule has 7 heteroatoms. The van der Waals surface area contributed by atoms with Gasteiger partial charge in [-0.05, 0) is 30.3 Å². The number of benzene rings is 3. The van der Waals surface area contributed by atoms with Gasteiger partial charge in [0, 0.05) is 21.2 Å². The summed E-state index contributed by atoms with van der Waals surface area (Å²) in [5.41, 5.74) is 1.19. The molecule has 0 aliphatic heterocycles. The summed E-state index contributed by atoms with van der Waals surface area (Å²) in [6.07, 6.45) is 0. The van der Waals surface area contributed by atoms with Gasteiger partial charge in [0.1, 0.15) is 5.75 Å². The fourth-order valence-corrected chi connectivity index (χ4v) is 3.43. The van der Waals surface area contributed by atoms with E-state index in [-0.39, 0.29) is 32.7 Å². The van der Waals surface area contributed by atoms with Gasteiger partial charge in [-0.15, -0.1) is 0 Å². The van der Waals surface area contributed by atoms with Crippen LogP contribution in [0, 0.1) is 0 Å². The fourth-order valence-electron chi connectivity index (χ4n) is 2.68. The first-order valence-electron chi connectivity index (χ1n) is 8.14. The third kappa shape index (κ3) is 4.30. The van der Waals surface area contributed by atoms with Crippen LogP contribution in [0.3, 0.4) is 0 Å². The van der Waals surface area contributed by atoms with Crippen LogP contribution in [-0.4, -0.2) is 18.8 Å². The highest BCUT2D eigenvalue weighted by molar-refractivity contribution is 6.36. The minimum absolute atomic E-state index is 0.146. The van der Waals surface area contributed by atoms with E-state index in [9.17, 15) is 9.59 Å². The minimum Gasteiger partial charge on any atom is -0.494 e. The lowest BCUT2D eigenvalue weighted by molar-refractivity contribution is 0.102. The summed E-state index contributed by atoms with van der Waals surface area (Å²) in [4.78, 5) is 25.7. The van der Waals surface area contributed by atoms with Crippen LogP contribution in [0.1, 0.15) is 26.3 Å². The van der Waals surface area contributed by atoms with Crippen LogP contribution in [-0.2, 0) is 0 Å². The van der Waals surface area contributed by atoms with Crippen LogP contribution in [0.15, 0.2) is 60.7 Å². The molecule has 142 valence electrons. The average Bonchev–Trinajstić information content (AvgIpc) is 2.68. The number of hydrogen-bond donors (Lipinski definition) is 1. The number of carbonyl (C=O) groups excluding carboxylic acids is 2. The minimum atomic E-state index is -0.523. The first kappa shape index (κ1) is 20.2. The summed E-state index contributed by atoms with van der Waals surface area (Å²) in [6, 6.07) is 16.3. The predicted octanol–water partition coefficient (Wildman–Crippen LogP) is 6.14. The lowest BCUT2D eigenvalue weighted by Crippen LogP contribution is -2.16. The SMILES string of the molecule is COc1c(Cl)cc(Cl)cc1C(=O)Nc1ccc(Cl)cc1C(=O)c1ccccc1. The van der Waals surface area contributed by atoms with Gasteiger partial charge in [0.05, 0.1) is 23.4 Å². The van der Waals surface area contributed by atoms with Gasteiger partial charge in [0.2, 0.25) is 0 Å². The Labute approximate surface area is 177 Å². The second-order valence-electron chi connectivity index (χ2n) is 5.81. The van der Waals surface area contributed by atoms with Gasteiger partial charge in [0.15, 0.2) is 5.78 Å². The van der Waals surface area contributed by atoms with Crippen molar-refractivity contribution in [2.45, 2.75) is 0 Å². The monoisotopic (exact) mass is 433 g/mol. The van der Waals surface area contributed by atoms with E-state index >= 15 is 0 Å². The van der Waals surface area contributed by atoms with Crippen molar-refractivity contribution < 1.29 is 14.3 Å². The number of nitrogens with one attached hydrogen (secondary N) is 1. The van der Waals surface area contributed by atoms with Gasteiger partial charge >= 0.3 is 0 Å². The first-order valence-corrected chi connectivity index (χ1v) is 9.27. The van der Waals surface area contributed by atoms with Gasteiger partial charge < -0.3 is 10.1 Å². The maximum absolute atomic E-state index is 12.9. The number of ketones is 1. The van der Waals surface area contributed by atoms with Gasteiger partial charge in [-0.3, -0.25) is 9.59 Å². The van der Waals surface area contributed by atoms with Crippen molar-refractivity contribution in [3.63, 3.8) is 0 Å². The van der Waals surface area contributed by atoms with Crippen LogP contribution in [0.4, 0.5) is 5.69 Å². The molecule has 0 unspecified atom stereocenters. The molecule has 3 aromatic rings. The highest BCUT2D eigenvalue weighted by Crippen LogP contribution is 2.33. The number of carbonyl (C=O) groups is 2. The van der Waals surface area contributed by atoms with Crippen molar-refractivity contribution in [3.05, 3.63) is 92.4 Å². The van der Waals surface area contributed by atoms with E-state index in [0.29, 0.717) is 16.3 Å². The maximum atomic E-state index is 12.9. The van der Waals surface area contributed by atoms with E-state index in [2.05, 4.69) is 5.32 Å². The zero-order valence-electron chi connectivity index (χ0n) is 14.6. The van der Waals surface area contributed by atoms with Crippen molar-refractivity contribution in [3.8, 4) is 5.75 Å². The number of ether oxygens (including phenoxy) is 1. The molecule has 0 heterocycles. The van der Waals surface area contributed by atoms with Crippen molar-refractivity contribution in [2.24, 2.45) is 0 Å². The zero-order chi connectivity index (χ0) is 20.3. The summed E-state index contributed by atoms with van der Waals surface area (Å²) in [6.45, 7) is 0. The van der Waals surface area contributed by atoms with E-state index in [1.54, 1.807) is 36.4 Å². The van der Waals surface area contributed by atoms with Gasteiger partial charge in [0.25, 0.3) is 5.91 Å². The average molecular weight is 435 g/mol. The molecule has 1 amide bonds. The standard InChI is InChI=1S/C21H14Cl3NO3/c1-28-20-16(10-14(23)11-17(20)24)21(27)25-18-8-7-13(22)9-15(18)19(26)12-5-3-2-4-6-12/h2-11H,1H3,(H,25,27). The van der Waals surface area contributed by atoms with Crippen LogP contribution < -0.4 is 10.1 Å². The van der Waals surface area contributed by atoms with Crippen molar-refractivity contribution in [1.82, 2.24) is 0 Å². The Hall–Kier alpha value is -2.53. The summed E-state index contributed by atoms with van der Waals surface area (Å²) in [7, 11) is 1.40. The van der Waals surface area contributed by atoms with E-state index in [1.807, 2.05) is 6.07 Å². The Morgan fingerprint density at radius 1 is 0.857 bits per heavy atom. The molecule has 0 aliphatic rings. The second kappa shape index (κ2) is 8.65. The van der Waals surface area contributed by atoms with E-state index < -0.39 is 5.91 Å². The molecule has 0 atom stereocenters. The molecular formula is C21H14Cl3NO3. The number of rotatable bonds is 5. The number of hydrogen-bond acceptors (Lipinski definition) is 3. The Kier molecular flexibility index (Phi) is 6.25. The number of anilines is 1. The van der Waals surface area contributed by atoms with Crippen LogP contribution >= 0.6 is 34.8 Å². The Morgan fingerprint density at radius 2 is 1.54 bits per heavy atom. The Morgan fingerprint density at radius 3 is 2.21 bits per heavy atom. The van der Waals surface area contributed by atoms with Crippen LogP contribution in [0.25, 0.3) is 0 Å². The Balaban J connectivity index is 2.00. The van der Waals surface area contributed by atoms with Gasteiger partial charge in [-0.2, -0.15) is 0 Å². The summed E-state index contributed by atoms with van der Waals surface area (Å²) < 4.78 is 5.22. The fraction of sp³-hybridized carbons (Fsp3) is 0.0476. The molecule has 0 spiro atoms. The van der Waals surface area contributed by atoms with Crippen LogP contribution in [0.5, 0.6) is 5.75 Å². The predicted molar refractivity (Wildman–Crippen MR) is 112 cm³/mol. The molecule has 0 fully saturated rings. The van der Waals surface area contributed by atoms with Crippen molar-refractivity contribution >= 4 is 52.2 Å². The lowest BCUT2D eigenvalue weighted by atomic mass is 10.0. The molecule has 0 aliphatic carbocycles. The quantitative estimate of drug-likeness (QED) is 0.491. The number of amides is 1. The number of halogens is 3. The molecular weight excluding hydrogens is 421 g/mol. The zero-order valence-corrected chi connectivity index (χ0v) is 16.9. The highest BCUT2D eigenvalue weighted by Gasteiger charge is 2.20. The van der Waals surface area contributed by atoms with E-state index in [0.717, 1.165) is 0 Å². The van der Waals surface area contributed by atoms with Crippen molar-refractivity contribution in [1.29, 1.82) is 0 Å². The van der Waals surface area contributed by atoms with Crippen molar-refractivity contribution in [2.75, 3.05) is 12.4 Å². The maximum Gasteiger partial charge on any atom is 0.259 e. The van der Waals surface area contributed by atoms with Gasteiger partial charge in [-0.1, -0.05) is 65.1 Å². The van der Waals surface area contributed by atoms with E-state index in [4.69, 9.17) is 39.5 Å². The van der Waals surface area contributed by atoms with Crippen LogP contribution in [0.2, 0.25) is 15.1 Å². The molecule has 28 heavy (non-hydrogen) atoms. The molecule has 3 aromatic carbocycles. The normalized spacial score (nSPS) is 10.4. The molecule has 0 saturated carbocycles. The molecule has 0 radical (unpaired) electrons. The first-order chi connectivity index (χ1) is 13.4. The van der Waals surface area contributed by atoms with Gasteiger partial charge in [-0.25, -0.2) is 0 Å². The van der Waals surface area contributed by atoms with E-state index in [1.165, 1.54) is 25.3 Å². The molecule has 1 N–H and O–H groups in total. The topological polar surface area (TPSA) is 55.4 Å². The Bertz CT molecular complexity index is 1050. The number of methoxy groups -OCH3 is 1. The molecule has 0 saturated heterocycles. The summed E-state index contributed by atoms with van der Waals surface area (Å²) >= 11 is 18.2.